The molecule has 0 spiro atoms. The number of β-lactam (4-membered cyclic amide) rings is 1. The lowest BCUT2D eigenvalue weighted by Crippen LogP contribution is -2.71. The fourth-order valence-corrected chi connectivity index (χ4v) is 6.10. The highest BCUT2D eigenvalue weighted by molar-refractivity contribution is 8.14. The number of nitrogens with zero attached hydrogens (tertiary/aromatic N) is 5. The van der Waals surface area contributed by atoms with Crippen molar-refractivity contribution in [2.45, 2.75) is 18.0 Å². The number of carbonyl (C=O) groups excluding carboxylic acids is 2. The number of carboxylic acid groups (broad SMARTS) is 1. The normalized spacial score (nSPS) is 22.0. The third-order valence-electron chi connectivity index (χ3n) is 4.69. The van der Waals surface area contributed by atoms with Crippen LogP contribution in [-0.4, -0.2) is 85.4 Å². The van der Waals surface area contributed by atoms with Gasteiger partial charge >= 0.3 is 12.6 Å². The molecule has 1 saturated heterocycles. The number of rotatable bonds is 8. The Bertz CT molecular complexity index is 1140. The summed E-state index contributed by atoms with van der Waals surface area (Å²) in [5.74, 6) is -2.41. The standard InChI is InChI=1S/C16H17F2N9O5S3/c1-26-23-16(22-25-26)35-3-5-2-33-12-8(11(29)27(12)9(5)13(30)31)21-10(28)7(24-32-14(17)18)6-4-34-15(19)20-6/h4,8,12,14,25H,2-3H2,1H3,(H2,19,20)(H,21,28)(H,22,23)(H,30,31)/b24-7+/t8?,12-/m1/s1. The monoisotopic (exact) mass is 549 g/mol. The van der Waals surface area contributed by atoms with Gasteiger partial charge in [0, 0.05) is 23.9 Å². The Morgan fingerprint density at radius 2 is 2.29 bits per heavy atom. The molecule has 3 aliphatic heterocycles. The zero-order chi connectivity index (χ0) is 25.3. The molecule has 14 nitrogen and oxygen atoms in total. The fraction of sp³-hybridized carbons (Fsp3) is 0.375. The number of fused-ring (bicyclic) bond motifs is 1. The van der Waals surface area contributed by atoms with Crippen molar-refractivity contribution in [3.05, 3.63) is 22.3 Å². The van der Waals surface area contributed by atoms with Gasteiger partial charge in [0.05, 0.1) is 0 Å². The van der Waals surface area contributed by atoms with E-state index in [1.165, 1.54) is 34.0 Å². The number of amidine groups is 1. The van der Waals surface area contributed by atoms with Crippen molar-refractivity contribution in [3.63, 3.8) is 0 Å². The first kappa shape index (κ1) is 24.9. The van der Waals surface area contributed by atoms with Gasteiger partial charge in [0.2, 0.25) is 0 Å². The highest BCUT2D eigenvalue weighted by atomic mass is 32.2. The van der Waals surface area contributed by atoms with Crippen molar-refractivity contribution in [1.82, 2.24) is 31.3 Å². The number of thiazole rings is 1. The first-order valence-corrected chi connectivity index (χ1v) is 12.5. The van der Waals surface area contributed by atoms with Crippen LogP contribution in [0.3, 0.4) is 0 Å². The molecular formula is C16H17F2N9O5S3. The van der Waals surface area contributed by atoms with Crippen LogP contribution >= 0.6 is 34.9 Å². The van der Waals surface area contributed by atoms with Gasteiger partial charge in [-0.3, -0.25) is 19.9 Å². The van der Waals surface area contributed by atoms with Gasteiger partial charge in [0.1, 0.15) is 22.8 Å². The lowest BCUT2D eigenvalue weighted by atomic mass is 10.0. The van der Waals surface area contributed by atoms with Crippen molar-refractivity contribution in [1.29, 1.82) is 0 Å². The molecule has 35 heavy (non-hydrogen) atoms. The molecule has 19 heteroatoms. The van der Waals surface area contributed by atoms with Crippen LogP contribution < -0.4 is 22.0 Å². The zero-order valence-electron chi connectivity index (χ0n) is 17.6. The van der Waals surface area contributed by atoms with E-state index in [2.05, 4.69) is 36.4 Å². The van der Waals surface area contributed by atoms with Gasteiger partial charge in [-0.15, -0.1) is 33.7 Å². The van der Waals surface area contributed by atoms with Crippen molar-refractivity contribution in [2.24, 2.45) is 10.3 Å². The second-order valence-electron chi connectivity index (χ2n) is 6.95. The first-order chi connectivity index (χ1) is 16.7. The summed E-state index contributed by atoms with van der Waals surface area (Å²) < 4.78 is 25.0. The minimum Gasteiger partial charge on any atom is -0.477 e. The topological polar surface area (TPSA) is 187 Å². The average molecular weight is 550 g/mol. The Hall–Kier alpha value is -3.16. The van der Waals surface area contributed by atoms with E-state index in [4.69, 9.17) is 5.73 Å². The molecule has 3 aliphatic rings. The highest BCUT2D eigenvalue weighted by Crippen LogP contribution is 2.41. The predicted octanol–water partition coefficient (Wildman–Crippen LogP) is -0.634. The third-order valence-corrected chi connectivity index (χ3v) is 7.65. The number of amides is 2. The number of oxime groups is 1. The predicted molar refractivity (Wildman–Crippen MR) is 124 cm³/mol. The molecule has 0 aromatic carbocycles. The largest absolute Gasteiger partial charge is 0.477 e. The quantitative estimate of drug-likeness (QED) is 0.157. The number of hydrazone groups is 1. The number of hydrogen-bond donors (Lipinski definition) is 5. The van der Waals surface area contributed by atoms with Gasteiger partial charge in [-0.2, -0.15) is 8.78 Å². The molecular weight excluding hydrogens is 532 g/mol. The minimum absolute atomic E-state index is 0.0640. The molecule has 2 atom stereocenters. The van der Waals surface area contributed by atoms with Crippen LogP contribution in [0.2, 0.25) is 0 Å². The van der Waals surface area contributed by atoms with Crippen LogP contribution in [0.1, 0.15) is 5.69 Å². The molecule has 4 heterocycles. The summed E-state index contributed by atoms with van der Waals surface area (Å²) in [6, 6.07) is -1.11. The number of hydrazine groups is 2. The average Bonchev–Trinajstić information content (AvgIpc) is 3.42. The molecule has 0 bridgehead atoms. The Morgan fingerprint density at radius 3 is 2.89 bits per heavy atom. The lowest BCUT2D eigenvalue weighted by Gasteiger charge is -2.49. The Morgan fingerprint density at radius 1 is 1.51 bits per heavy atom. The van der Waals surface area contributed by atoms with Crippen molar-refractivity contribution < 1.29 is 33.1 Å². The number of alkyl halides is 2. The zero-order valence-corrected chi connectivity index (χ0v) is 20.0. The summed E-state index contributed by atoms with van der Waals surface area (Å²) in [7, 11) is 1.68. The molecule has 4 rings (SSSR count). The van der Waals surface area contributed by atoms with Gasteiger partial charge < -0.3 is 21.0 Å². The first-order valence-electron chi connectivity index (χ1n) is 9.56. The van der Waals surface area contributed by atoms with Gasteiger partial charge in [-0.05, 0) is 5.57 Å². The Labute approximate surface area is 207 Å². The molecule has 1 fully saturated rings. The van der Waals surface area contributed by atoms with Crippen LogP contribution in [-0.2, 0) is 19.2 Å². The van der Waals surface area contributed by atoms with E-state index in [1.54, 1.807) is 7.05 Å². The van der Waals surface area contributed by atoms with E-state index in [9.17, 15) is 28.3 Å². The third kappa shape index (κ3) is 5.26. The summed E-state index contributed by atoms with van der Waals surface area (Å²) in [6.07, 6.45) is 0. The second-order valence-corrected chi connectivity index (χ2v) is 9.91. The van der Waals surface area contributed by atoms with E-state index < -0.39 is 41.5 Å². The van der Waals surface area contributed by atoms with Crippen molar-refractivity contribution in [2.75, 3.05) is 24.3 Å². The van der Waals surface area contributed by atoms with E-state index in [0.717, 1.165) is 16.2 Å². The number of aromatic nitrogens is 1. The van der Waals surface area contributed by atoms with E-state index in [-0.39, 0.29) is 28.0 Å². The summed E-state index contributed by atoms with van der Waals surface area (Å²) in [5, 5.41) is 22.1. The minimum atomic E-state index is -3.29. The van der Waals surface area contributed by atoms with E-state index in [0.29, 0.717) is 10.7 Å². The van der Waals surface area contributed by atoms with Crippen molar-refractivity contribution >= 4 is 68.7 Å². The lowest BCUT2D eigenvalue weighted by molar-refractivity contribution is -0.150. The number of carbonyl (C=O) groups is 3. The maximum atomic E-state index is 12.8. The number of nitrogens with one attached hydrogen (secondary N) is 3. The molecule has 6 N–H and O–H groups in total. The number of aliphatic carboxylic acids is 1. The Kier molecular flexibility index (Phi) is 7.28. The summed E-state index contributed by atoms with van der Waals surface area (Å²) in [6.45, 7) is -3.29. The molecule has 188 valence electrons. The van der Waals surface area contributed by atoms with Crippen LogP contribution in [0.5, 0.6) is 0 Å². The molecule has 0 radical (unpaired) electrons. The van der Waals surface area contributed by atoms with Gasteiger partial charge in [-0.1, -0.05) is 16.9 Å². The van der Waals surface area contributed by atoms with Crippen LogP contribution in [0, 0.1) is 0 Å². The number of hydrogen-bond acceptors (Lipinski definition) is 14. The molecule has 1 unspecified atom stereocenters. The maximum absolute atomic E-state index is 12.8. The second kappa shape index (κ2) is 10.2. The van der Waals surface area contributed by atoms with Gasteiger partial charge in [-0.25, -0.2) is 14.9 Å². The van der Waals surface area contributed by atoms with Crippen LogP contribution in [0.4, 0.5) is 13.9 Å². The molecule has 1 aromatic heterocycles. The SMILES string of the molecule is CN1N=C(SCC2=C(C(=O)O)N3C(=O)C(NC(=O)/C(=N/OC(F)F)c4csc(N)n4)[C@H]3SC2)NN1. The van der Waals surface area contributed by atoms with Crippen LogP contribution in [0.15, 0.2) is 26.9 Å². The summed E-state index contributed by atoms with van der Waals surface area (Å²) >= 11 is 3.46. The number of nitrogens with two attached hydrogens (primary N) is 1. The molecule has 1 aromatic rings. The number of nitrogen functional groups attached to an aromatic ring is 1. The molecule has 0 aliphatic carbocycles. The fourth-order valence-electron chi connectivity index (χ4n) is 3.23. The van der Waals surface area contributed by atoms with Gasteiger partial charge in [0.15, 0.2) is 16.0 Å². The number of halogens is 2. The number of carboxylic acids is 1. The number of thioether (sulfide) groups is 2. The number of anilines is 1. The van der Waals surface area contributed by atoms with Crippen molar-refractivity contribution in [3.8, 4) is 0 Å². The van der Waals surface area contributed by atoms with E-state index in [1.807, 2.05) is 0 Å². The Balaban J connectivity index is 1.48. The smallest absolute Gasteiger partial charge is 0.407 e. The highest BCUT2D eigenvalue weighted by Gasteiger charge is 2.54. The van der Waals surface area contributed by atoms with E-state index >= 15 is 0 Å². The van der Waals surface area contributed by atoms with Crippen LogP contribution in [0.25, 0.3) is 0 Å². The maximum Gasteiger partial charge on any atom is 0.407 e. The van der Waals surface area contributed by atoms with Gasteiger partial charge in [0.25, 0.3) is 11.8 Å². The summed E-state index contributed by atoms with van der Waals surface area (Å²) in [4.78, 5) is 46.4. The summed E-state index contributed by atoms with van der Waals surface area (Å²) in [5.41, 5.74) is 10.7. The molecule has 0 saturated carbocycles. The molecule has 2 amide bonds.